The molecule has 100 valence electrons. The van der Waals surface area contributed by atoms with Gasteiger partial charge in [-0.25, -0.2) is 4.79 Å². The standard InChI is InChI=1S/C15H17NO3/c1-15-7-6-13(17)16-12(15)5-3-9-8-10(14(18)19)2-4-11(9)15/h2,4,8,12H,3,5-7H2,1H3,(H,16,17)(H,18,19)/t12-,15-/m1/s1. The van der Waals surface area contributed by atoms with Gasteiger partial charge < -0.3 is 10.4 Å². The van der Waals surface area contributed by atoms with Crippen LogP contribution in [0.5, 0.6) is 0 Å². The monoisotopic (exact) mass is 259 g/mol. The van der Waals surface area contributed by atoms with Crippen molar-refractivity contribution in [3.8, 4) is 0 Å². The van der Waals surface area contributed by atoms with E-state index in [0.717, 1.165) is 24.8 Å². The Morgan fingerprint density at radius 1 is 1.42 bits per heavy atom. The lowest BCUT2D eigenvalue weighted by Gasteiger charge is -2.46. The number of fused-ring (bicyclic) bond motifs is 3. The summed E-state index contributed by atoms with van der Waals surface area (Å²) in [6.45, 7) is 2.18. The molecule has 2 atom stereocenters. The van der Waals surface area contributed by atoms with Gasteiger partial charge in [0.15, 0.2) is 0 Å². The molecule has 1 aromatic carbocycles. The van der Waals surface area contributed by atoms with E-state index in [1.807, 2.05) is 6.07 Å². The molecule has 1 aliphatic carbocycles. The molecule has 3 rings (SSSR count). The van der Waals surface area contributed by atoms with Crippen molar-refractivity contribution in [1.82, 2.24) is 5.32 Å². The number of amides is 1. The zero-order chi connectivity index (χ0) is 13.6. The number of hydrogen-bond acceptors (Lipinski definition) is 2. The second-order valence-electron chi connectivity index (χ2n) is 5.75. The molecule has 0 spiro atoms. The molecule has 1 heterocycles. The van der Waals surface area contributed by atoms with Crippen molar-refractivity contribution in [2.24, 2.45) is 0 Å². The third-order valence-corrected chi connectivity index (χ3v) is 4.65. The quantitative estimate of drug-likeness (QED) is 0.809. The van der Waals surface area contributed by atoms with E-state index in [1.165, 1.54) is 5.56 Å². The number of benzene rings is 1. The summed E-state index contributed by atoms with van der Waals surface area (Å²) in [6.07, 6.45) is 3.10. The van der Waals surface area contributed by atoms with E-state index >= 15 is 0 Å². The van der Waals surface area contributed by atoms with Gasteiger partial charge in [0, 0.05) is 17.9 Å². The maximum atomic E-state index is 11.5. The number of nitrogens with one attached hydrogen (secondary N) is 1. The minimum absolute atomic E-state index is 0.0570. The molecule has 1 fully saturated rings. The number of carbonyl (C=O) groups is 2. The van der Waals surface area contributed by atoms with Crippen LogP contribution in [0.1, 0.15) is 47.7 Å². The van der Waals surface area contributed by atoms with E-state index in [-0.39, 0.29) is 17.4 Å². The highest BCUT2D eigenvalue weighted by molar-refractivity contribution is 5.88. The first-order valence-corrected chi connectivity index (χ1v) is 6.67. The summed E-state index contributed by atoms with van der Waals surface area (Å²) in [5.74, 6) is -0.750. The number of carbonyl (C=O) groups excluding carboxylic acids is 1. The Morgan fingerprint density at radius 3 is 2.95 bits per heavy atom. The lowest BCUT2D eigenvalue weighted by molar-refractivity contribution is -0.125. The summed E-state index contributed by atoms with van der Waals surface area (Å²) in [5, 5.41) is 12.1. The van der Waals surface area contributed by atoms with E-state index in [2.05, 4.69) is 12.2 Å². The van der Waals surface area contributed by atoms with Gasteiger partial charge in [-0.15, -0.1) is 0 Å². The number of rotatable bonds is 1. The van der Waals surface area contributed by atoms with Gasteiger partial charge in [0.05, 0.1) is 5.56 Å². The van der Waals surface area contributed by atoms with E-state index in [9.17, 15) is 9.59 Å². The Hall–Kier alpha value is -1.84. The molecule has 4 heteroatoms. The predicted molar refractivity (Wildman–Crippen MR) is 70.2 cm³/mol. The van der Waals surface area contributed by atoms with Crippen LogP contribution in [-0.4, -0.2) is 23.0 Å². The topological polar surface area (TPSA) is 66.4 Å². The van der Waals surface area contributed by atoms with Crippen molar-refractivity contribution in [2.45, 2.75) is 44.1 Å². The van der Waals surface area contributed by atoms with Crippen molar-refractivity contribution >= 4 is 11.9 Å². The largest absolute Gasteiger partial charge is 0.478 e. The van der Waals surface area contributed by atoms with Gasteiger partial charge in [-0.1, -0.05) is 13.0 Å². The minimum atomic E-state index is -0.882. The third kappa shape index (κ3) is 1.82. The van der Waals surface area contributed by atoms with Crippen molar-refractivity contribution in [1.29, 1.82) is 0 Å². The molecule has 0 aromatic heterocycles. The SMILES string of the molecule is C[C@]12CCC(=O)N[C@@H]1CCc1cc(C(=O)O)ccc12. The number of hydrogen-bond donors (Lipinski definition) is 2. The van der Waals surface area contributed by atoms with Crippen LogP contribution < -0.4 is 5.32 Å². The van der Waals surface area contributed by atoms with Gasteiger partial charge in [0.25, 0.3) is 0 Å². The highest BCUT2D eigenvalue weighted by Gasteiger charge is 2.43. The van der Waals surface area contributed by atoms with Gasteiger partial charge in [-0.3, -0.25) is 4.79 Å². The molecule has 0 saturated carbocycles. The molecule has 0 unspecified atom stereocenters. The van der Waals surface area contributed by atoms with Gasteiger partial charge in [0.1, 0.15) is 0 Å². The first-order chi connectivity index (χ1) is 9.00. The van der Waals surface area contributed by atoms with Crippen LogP contribution in [-0.2, 0) is 16.6 Å². The Labute approximate surface area is 111 Å². The first-order valence-electron chi connectivity index (χ1n) is 6.67. The summed E-state index contributed by atoms with van der Waals surface area (Å²) in [5.41, 5.74) is 2.61. The Balaban J connectivity index is 2.04. The van der Waals surface area contributed by atoms with Crippen molar-refractivity contribution in [3.05, 3.63) is 34.9 Å². The normalized spacial score (nSPS) is 29.1. The second kappa shape index (κ2) is 4.08. The molecule has 1 saturated heterocycles. The Bertz CT molecular complexity index is 567. The maximum absolute atomic E-state index is 11.5. The summed E-state index contributed by atoms with van der Waals surface area (Å²) >= 11 is 0. The number of piperidine rings is 1. The number of aromatic carboxylic acids is 1. The number of carboxylic acids is 1. The molecule has 19 heavy (non-hydrogen) atoms. The molecular weight excluding hydrogens is 242 g/mol. The third-order valence-electron chi connectivity index (χ3n) is 4.65. The van der Waals surface area contributed by atoms with Crippen molar-refractivity contribution in [3.63, 3.8) is 0 Å². The minimum Gasteiger partial charge on any atom is -0.478 e. The zero-order valence-corrected chi connectivity index (χ0v) is 10.9. The van der Waals surface area contributed by atoms with Crippen LogP contribution in [0, 0.1) is 0 Å². The van der Waals surface area contributed by atoms with E-state index in [0.29, 0.717) is 12.0 Å². The average molecular weight is 259 g/mol. The Morgan fingerprint density at radius 2 is 2.21 bits per heavy atom. The predicted octanol–water partition coefficient (Wildman–Crippen LogP) is 1.87. The maximum Gasteiger partial charge on any atom is 0.335 e. The molecule has 1 aliphatic heterocycles. The average Bonchev–Trinajstić information content (AvgIpc) is 2.39. The second-order valence-corrected chi connectivity index (χ2v) is 5.75. The lowest BCUT2D eigenvalue weighted by atomic mass is 9.64. The molecule has 0 bridgehead atoms. The van der Waals surface area contributed by atoms with E-state index < -0.39 is 5.97 Å². The smallest absolute Gasteiger partial charge is 0.335 e. The lowest BCUT2D eigenvalue weighted by Crippen LogP contribution is -2.55. The molecule has 1 aromatic rings. The fraction of sp³-hybridized carbons (Fsp3) is 0.467. The Kier molecular flexibility index (Phi) is 2.62. The van der Waals surface area contributed by atoms with Crippen molar-refractivity contribution in [2.75, 3.05) is 0 Å². The zero-order valence-electron chi connectivity index (χ0n) is 10.9. The first kappa shape index (κ1) is 12.2. The molecular formula is C15H17NO3. The van der Waals surface area contributed by atoms with E-state index in [4.69, 9.17) is 5.11 Å². The van der Waals surface area contributed by atoms with Crippen LogP contribution in [0.4, 0.5) is 0 Å². The summed E-state index contributed by atoms with van der Waals surface area (Å²) in [7, 11) is 0. The fourth-order valence-corrected chi connectivity index (χ4v) is 3.48. The van der Waals surface area contributed by atoms with Crippen LogP contribution in [0.15, 0.2) is 18.2 Å². The summed E-state index contributed by atoms with van der Waals surface area (Å²) < 4.78 is 0. The van der Waals surface area contributed by atoms with Gasteiger partial charge >= 0.3 is 5.97 Å². The molecule has 1 amide bonds. The highest BCUT2D eigenvalue weighted by atomic mass is 16.4. The van der Waals surface area contributed by atoms with E-state index in [1.54, 1.807) is 12.1 Å². The number of aryl methyl sites for hydroxylation is 1. The van der Waals surface area contributed by atoms with Gasteiger partial charge in [0.2, 0.25) is 5.91 Å². The molecule has 2 aliphatic rings. The molecule has 0 radical (unpaired) electrons. The van der Waals surface area contributed by atoms with Crippen molar-refractivity contribution < 1.29 is 14.7 Å². The van der Waals surface area contributed by atoms with Gasteiger partial charge in [-0.2, -0.15) is 0 Å². The summed E-state index contributed by atoms with van der Waals surface area (Å²) in [4.78, 5) is 22.6. The van der Waals surface area contributed by atoms with Crippen LogP contribution in [0.2, 0.25) is 0 Å². The fourth-order valence-electron chi connectivity index (χ4n) is 3.48. The number of carboxylic acid groups (broad SMARTS) is 1. The van der Waals surface area contributed by atoms with Gasteiger partial charge in [-0.05, 0) is 42.5 Å². The summed E-state index contributed by atoms with van der Waals surface area (Å²) in [6, 6.07) is 5.57. The molecule has 2 N–H and O–H groups in total. The van der Waals surface area contributed by atoms with Crippen LogP contribution in [0.25, 0.3) is 0 Å². The van der Waals surface area contributed by atoms with Crippen LogP contribution in [0.3, 0.4) is 0 Å². The highest BCUT2D eigenvalue weighted by Crippen LogP contribution is 2.42. The molecule has 4 nitrogen and oxygen atoms in total. The van der Waals surface area contributed by atoms with Crippen LogP contribution >= 0.6 is 0 Å².